The largest absolute Gasteiger partial charge is 0.383 e. The molecule has 0 fully saturated rings. The van der Waals surface area contributed by atoms with E-state index in [0.717, 1.165) is 20.0 Å². The minimum absolute atomic E-state index is 0.537. The number of halogens is 1. The van der Waals surface area contributed by atoms with Crippen LogP contribution in [-0.4, -0.2) is 9.97 Å². The van der Waals surface area contributed by atoms with Gasteiger partial charge in [-0.05, 0) is 31.2 Å². The molecular formula is C11H10BrN3S. The van der Waals surface area contributed by atoms with Crippen molar-refractivity contribution in [1.82, 2.24) is 9.97 Å². The molecule has 16 heavy (non-hydrogen) atoms. The van der Waals surface area contributed by atoms with Crippen molar-refractivity contribution in [3.8, 4) is 0 Å². The highest BCUT2D eigenvalue weighted by molar-refractivity contribution is 9.10. The average molecular weight is 296 g/mol. The van der Waals surface area contributed by atoms with E-state index in [4.69, 9.17) is 5.73 Å². The summed E-state index contributed by atoms with van der Waals surface area (Å²) in [5.74, 6) is 0.537. The Labute approximate surface area is 107 Å². The van der Waals surface area contributed by atoms with Gasteiger partial charge in [-0.1, -0.05) is 27.7 Å². The zero-order valence-electron chi connectivity index (χ0n) is 8.64. The van der Waals surface area contributed by atoms with Crippen LogP contribution in [0.15, 0.2) is 45.0 Å². The van der Waals surface area contributed by atoms with Crippen molar-refractivity contribution in [1.29, 1.82) is 0 Å². The van der Waals surface area contributed by atoms with Crippen molar-refractivity contribution in [2.45, 2.75) is 16.8 Å². The summed E-state index contributed by atoms with van der Waals surface area (Å²) < 4.78 is 1.07. The lowest BCUT2D eigenvalue weighted by molar-refractivity contribution is 1.01. The van der Waals surface area contributed by atoms with Gasteiger partial charge in [-0.2, -0.15) is 0 Å². The number of nitrogen functional groups attached to an aromatic ring is 1. The Balaban J connectivity index is 2.27. The average Bonchev–Trinajstić information content (AvgIpc) is 2.28. The van der Waals surface area contributed by atoms with E-state index in [1.807, 2.05) is 31.2 Å². The summed E-state index contributed by atoms with van der Waals surface area (Å²) in [5.41, 5.74) is 6.65. The van der Waals surface area contributed by atoms with E-state index >= 15 is 0 Å². The molecule has 0 radical (unpaired) electrons. The second kappa shape index (κ2) is 4.84. The van der Waals surface area contributed by atoms with Crippen molar-refractivity contribution in [2.75, 3.05) is 5.73 Å². The molecule has 0 bridgehead atoms. The molecule has 1 aromatic heterocycles. The molecule has 0 atom stereocenters. The second-order valence-electron chi connectivity index (χ2n) is 3.25. The van der Waals surface area contributed by atoms with Crippen LogP contribution in [0.3, 0.4) is 0 Å². The molecule has 0 saturated heterocycles. The van der Waals surface area contributed by atoms with Crippen LogP contribution in [0.2, 0.25) is 0 Å². The van der Waals surface area contributed by atoms with Crippen molar-refractivity contribution in [2.24, 2.45) is 0 Å². The molecule has 1 heterocycles. The first-order valence-electron chi connectivity index (χ1n) is 4.67. The monoisotopic (exact) mass is 295 g/mol. The van der Waals surface area contributed by atoms with Crippen LogP contribution in [-0.2, 0) is 0 Å². The highest BCUT2D eigenvalue weighted by atomic mass is 79.9. The quantitative estimate of drug-likeness (QED) is 0.864. The molecule has 2 aromatic rings. The Kier molecular flexibility index (Phi) is 3.46. The highest BCUT2D eigenvalue weighted by Crippen LogP contribution is 2.30. The molecular weight excluding hydrogens is 286 g/mol. The summed E-state index contributed by atoms with van der Waals surface area (Å²) in [7, 11) is 0. The maximum atomic E-state index is 5.73. The Bertz CT molecular complexity index is 499. The number of nitrogens with two attached hydrogens (primary N) is 1. The molecule has 2 rings (SSSR count). The summed E-state index contributed by atoms with van der Waals surface area (Å²) in [4.78, 5) is 9.29. The Hall–Kier alpha value is -1.07. The topological polar surface area (TPSA) is 51.8 Å². The fourth-order valence-electron chi connectivity index (χ4n) is 1.16. The van der Waals surface area contributed by atoms with Gasteiger partial charge in [0.1, 0.15) is 17.2 Å². The predicted molar refractivity (Wildman–Crippen MR) is 69.4 cm³/mol. The highest BCUT2D eigenvalue weighted by Gasteiger charge is 2.05. The Morgan fingerprint density at radius 3 is 2.56 bits per heavy atom. The number of benzene rings is 1. The Morgan fingerprint density at radius 1 is 1.19 bits per heavy atom. The van der Waals surface area contributed by atoms with Crippen molar-refractivity contribution in [3.05, 3.63) is 40.6 Å². The van der Waals surface area contributed by atoms with E-state index in [2.05, 4.69) is 25.9 Å². The van der Waals surface area contributed by atoms with Crippen LogP contribution in [0, 0.1) is 6.92 Å². The number of hydrogen-bond donors (Lipinski definition) is 1. The maximum absolute atomic E-state index is 5.73. The lowest BCUT2D eigenvalue weighted by atomic mass is 10.3. The first-order valence-corrected chi connectivity index (χ1v) is 6.28. The molecule has 0 aliphatic carbocycles. The molecule has 0 saturated carbocycles. The normalized spacial score (nSPS) is 10.4. The van der Waals surface area contributed by atoms with Crippen molar-refractivity contribution >= 4 is 33.5 Å². The van der Waals surface area contributed by atoms with Gasteiger partial charge >= 0.3 is 0 Å². The molecule has 0 aliphatic rings. The third kappa shape index (κ3) is 2.54. The van der Waals surface area contributed by atoms with Gasteiger partial charge in [0.2, 0.25) is 0 Å². The fraction of sp³-hybridized carbons (Fsp3) is 0.0909. The van der Waals surface area contributed by atoms with Gasteiger partial charge in [-0.25, -0.2) is 9.97 Å². The van der Waals surface area contributed by atoms with Gasteiger partial charge in [-0.3, -0.25) is 0 Å². The molecule has 82 valence electrons. The fourth-order valence-corrected chi connectivity index (χ4v) is 2.28. The van der Waals surface area contributed by atoms with Gasteiger partial charge < -0.3 is 5.73 Å². The van der Waals surface area contributed by atoms with Crippen LogP contribution < -0.4 is 5.73 Å². The van der Waals surface area contributed by atoms with Crippen molar-refractivity contribution in [3.63, 3.8) is 0 Å². The second-order valence-corrected chi connectivity index (χ2v) is 5.22. The van der Waals surface area contributed by atoms with E-state index in [1.54, 1.807) is 11.8 Å². The van der Waals surface area contributed by atoms with Gasteiger partial charge in [-0.15, -0.1) is 0 Å². The number of nitrogens with zero attached hydrogens (tertiary/aromatic N) is 2. The summed E-state index contributed by atoms with van der Waals surface area (Å²) in [6, 6.07) is 8.07. The molecule has 3 nitrogen and oxygen atoms in total. The van der Waals surface area contributed by atoms with Gasteiger partial charge in [0.25, 0.3) is 0 Å². The first kappa shape index (κ1) is 11.4. The summed E-state index contributed by atoms with van der Waals surface area (Å²) in [6.45, 7) is 1.93. The number of rotatable bonds is 2. The maximum Gasteiger partial charge on any atom is 0.130 e. The van der Waals surface area contributed by atoms with Crippen LogP contribution >= 0.6 is 27.7 Å². The van der Waals surface area contributed by atoms with Crippen LogP contribution in [0.1, 0.15) is 5.56 Å². The third-order valence-corrected chi connectivity index (χ3v) is 3.75. The third-order valence-electron chi connectivity index (χ3n) is 2.10. The van der Waals surface area contributed by atoms with Gasteiger partial charge in [0.15, 0.2) is 0 Å². The summed E-state index contributed by atoms with van der Waals surface area (Å²) >= 11 is 4.99. The minimum atomic E-state index is 0.537. The lowest BCUT2D eigenvalue weighted by Gasteiger charge is -2.05. The SMILES string of the molecule is Cc1c(N)ncnc1Sc1ccc(Br)cc1. The summed E-state index contributed by atoms with van der Waals surface area (Å²) in [6.07, 6.45) is 1.49. The van der Waals surface area contributed by atoms with E-state index in [1.165, 1.54) is 6.33 Å². The number of aromatic nitrogens is 2. The van der Waals surface area contributed by atoms with E-state index in [0.29, 0.717) is 5.82 Å². The van der Waals surface area contributed by atoms with Crippen LogP contribution in [0.5, 0.6) is 0 Å². The Morgan fingerprint density at radius 2 is 1.88 bits per heavy atom. The number of anilines is 1. The standard InChI is InChI=1S/C11H10BrN3S/c1-7-10(13)14-6-15-11(7)16-9-4-2-8(12)3-5-9/h2-6H,1H3,(H2,13,14,15). The summed E-state index contributed by atoms with van der Waals surface area (Å²) in [5, 5.41) is 0.898. The molecule has 5 heteroatoms. The predicted octanol–water partition coefficient (Wildman–Crippen LogP) is 3.28. The zero-order chi connectivity index (χ0) is 11.5. The molecule has 1 aromatic carbocycles. The van der Waals surface area contributed by atoms with Crippen LogP contribution in [0.25, 0.3) is 0 Å². The molecule has 2 N–H and O–H groups in total. The van der Waals surface area contributed by atoms with Gasteiger partial charge in [0.05, 0.1) is 0 Å². The lowest BCUT2D eigenvalue weighted by Crippen LogP contribution is -1.97. The number of hydrogen-bond acceptors (Lipinski definition) is 4. The van der Waals surface area contributed by atoms with E-state index < -0.39 is 0 Å². The molecule has 0 spiro atoms. The van der Waals surface area contributed by atoms with Crippen molar-refractivity contribution < 1.29 is 0 Å². The van der Waals surface area contributed by atoms with Crippen LogP contribution in [0.4, 0.5) is 5.82 Å². The van der Waals surface area contributed by atoms with E-state index in [-0.39, 0.29) is 0 Å². The molecule has 0 amide bonds. The zero-order valence-corrected chi connectivity index (χ0v) is 11.0. The smallest absolute Gasteiger partial charge is 0.130 e. The first-order chi connectivity index (χ1) is 7.66. The minimum Gasteiger partial charge on any atom is -0.383 e. The molecule has 0 aliphatic heterocycles. The molecule has 0 unspecified atom stereocenters. The van der Waals surface area contributed by atoms with Gasteiger partial charge in [0, 0.05) is 14.9 Å². The van der Waals surface area contributed by atoms with E-state index in [9.17, 15) is 0 Å².